The zero-order chi connectivity index (χ0) is 10.8. The van der Waals surface area contributed by atoms with Crippen molar-refractivity contribution in [2.75, 3.05) is 5.32 Å². The highest BCUT2D eigenvalue weighted by Crippen LogP contribution is 2.25. The predicted octanol–water partition coefficient (Wildman–Crippen LogP) is 2.26. The van der Waals surface area contributed by atoms with E-state index in [9.17, 15) is 8.78 Å². The van der Waals surface area contributed by atoms with Gasteiger partial charge in [0, 0.05) is 12.1 Å². The molecule has 0 unspecified atom stereocenters. The molecule has 0 amide bonds. The van der Waals surface area contributed by atoms with Gasteiger partial charge in [0.25, 0.3) is 0 Å². The Labute approximate surface area is 87.5 Å². The maximum Gasteiger partial charge on any atom is 0.149 e. The van der Waals surface area contributed by atoms with Crippen molar-refractivity contribution >= 4 is 5.69 Å². The van der Waals surface area contributed by atoms with Gasteiger partial charge in [-0.2, -0.15) is 0 Å². The fourth-order valence-corrected chi connectivity index (χ4v) is 1.99. The molecule has 1 saturated carbocycles. The topological polar surface area (TPSA) is 38.0 Å². The van der Waals surface area contributed by atoms with Crippen molar-refractivity contribution in [1.82, 2.24) is 0 Å². The summed E-state index contributed by atoms with van der Waals surface area (Å²) >= 11 is 0. The first-order chi connectivity index (χ1) is 7.18. The van der Waals surface area contributed by atoms with Crippen LogP contribution in [0.5, 0.6) is 0 Å². The van der Waals surface area contributed by atoms with Gasteiger partial charge in [-0.1, -0.05) is 6.07 Å². The Bertz CT molecular complexity index is 334. The largest absolute Gasteiger partial charge is 0.376 e. The summed E-state index contributed by atoms with van der Waals surface area (Å²) in [7, 11) is 0. The van der Waals surface area contributed by atoms with Crippen LogP contribution in [0.25, 0.3) is 0 Å². The number of anilines is 1. The molecule has 1 fully saturated rings. The number of para-hydroxylation sites is 1. The number of nitrogens with two attached hydrogens (primary N) is 1. The van der Waals surface area contributed by atoms with Gasteiger partial charge in [0.05, 0.1) is 0 Å². The molecule has 1 aromatic rings. The van der Waals surface area contributed by atoms with Gasteiger partial charge in [0.1, 0.15) is 17.3 Å². The van der Waals surface area contributed by atoms with Crippen LogP contribution in [0, 0.1) is 11.6 Å². The highest BCUT2D eigenvalue weighted by atomic mass is 19.1. The first-order valence-electron chi connectivity index (χ1n) is 5.14. The summed E-state index contributed by atoms with van der Waals surface area (Å²) in [6.45, 7) is 0. The summed E-state index contributed by atoms with van der Waals surface area (Å²) in [4.78, 5) is 0. The lowest BCUT2D eigenvalue weighted by molar-refractivity contribution is 0.571. The zero-order valence-electron chi connectivity index (χ0n) is 8.34. The van der Waals surface area contributed by atoms with Crippen LogP contribution in [0.3, 0.4) is 0 Å². The number of benzene rings is 1. The lowest BCUT2D eigenvalue weighted by Crippen LogP contribution is -2.35. The summed E-state index contributed by atoms with van der Waals surface area (Å²) in [5.41, 5.74) is 5.76. The van der Waals surface area contributed by atoms with Gasteiger partial charge in [-0.05, 0) is 31.4 Å². The Morgan fingerprint density at radius 1 is 1.20 bits per heavy atom. The second-order valence-electron chi connectivity index (χ2n) is 3.94. The minimum Gasteiger partial charge on any atom is -0.376 e. The highest BCUT2D eigenvalue weighted by Gasteiger charge is 2.25. The maximum atomic E-state index is 13.3. The van der Waals surface area contributed by atoms with Crippen LogP contribution in [0.15, 0.2) is 18.2 Å². The quantitative estimate of drug-likeness (QED) is 0.789. The van der Waals surface area contributed by atoms with E-state index in [1.807, 2.05) is 0 Å². The monoisotopic (exact) mass is 212 g/mol. The number of hydrogen-bond donors (Lipinski definition) is 2. The van der Waals surface area contributed by atoms with Crippen molar-refractivity contribution in [3.05, 3.63) is 29.8 Å². The molecule has 1 aliphatic rings. The fourth-order valence-electron chi connectivity index (χ4n) is 1.99. The van der Waals surface area contributed by atoms with E-state index in [-0.39, 0.29) is 17.8 Å². The van der Waals surface area contributed by atoms with Crippen LogP contribution in [0.1, 0.15) is 19.3 Å². The van der Waals surface area contributed by atoms with Crippen LogP contribution in [-0.2, 0) is 0 Å². The van der Waals surface area contributed by atoms with Crippen molar-refractivity contribution in [3.63, 3.8) is 0 Å². The molecule has 0 saturated heterocycles. The van der Waals surface area contributed by atoms with Crippen molar-refractivity contribution in [3.8, 4) is 0 Å². The summed E-state index contributed by atoms with van der Waals surface area (Å²) in [6.07, 6.45) is 2.79. The zero-order valence-corrected chi connectivity index (χ0v) is 8.34. The van der Waals surface area contributed by atoms with E-state index < -0.39 is 11.6 Å². The Morgan fingerprint density at radius 3 is 2.40 bits per heavy atom. The summed E-state index contributed by atoms with van der Waals surface area (Å²) < 4.78 is 26.6. The molecule has 4 heteroatoms. The normalized spacial score (nSPS) is 25.5. The van der Waals surface area contributed by atoms with Crippen LogP contribution < -0.4 is 11.1 Å². The minimum absolute atomic E-state index is 0.0102. The van der Waals surface area contributed by atoms with Crippen molar-refractivity contribution in [1.29, 1.82) is 0 Å². The number of halogens is 2. The highest BCUT2D eigenvalue weighted by molar-refractivity contribution is 5.47. The molecular weight excluding hydrogens is 198 g/mol. The molecule has 0 aromatic heterocycles. The molecule has 2 rings (SSSR count). The maximum absolute atomic E-state index is 13.3. The molecule has 15 heavy (non-hydrogen) atoms. The SMILES string of the molecule is N[C@H]1CCC[C@H]1Nc1c(F)cccc1F. The molecule has 3 N–H and O–H groups in total. The lowest BCUT2D eigenvalue weighted by Gasteiger charge is -2.19. The van der Waals surface area contributed by atoms with E-state index in [1.165, 1.54) is 18.2 Å². The molecule has 2 nitrogen and oxygen atoms in total. The summed E-state index contributed by atoms with van der Waals surface area (Å²) in [6, 6.07) is 3.81. The first-order valence-corrected chi connectivity index (χ1v) is 5.14. The van der Waals surface area contributed by atoms with Crippen molar-refractivity contribution in [2.45, 2.75) is 31.3 Å². The first kappa shape index (κ1) is 10.4. The van der Waals surface area contributed by atoms with Gasteiger partial charge in [-0.25, -0.2) is 8.78 Å². The number of hydrogen-bond acceptors (Lipinski definition) is 2. The molecule has 1 aliphatic carbocycles. The average Bonchev–Trinajstić information content (AvgIpc) is 2.58. The standard InChI is InChI=1S/C11H14F2N2/c12-7-3-1-4-8(13)11(7)15-10-6-2-5-9(10)14/h1,3-4,9-10,15H,2,5-6,14H2/t9-,10+/m0/s1. The lowest BCUT2D eigenvalue weighted by atomic mass is 10.1. The van der Waals surface area contributed by atoms with E-state index in [1.54, 1.807) is 0 Å². The van der Waals surface area contributed by atoms with Gasteiger partial charge in [-0.15, -0.1) is 0 Å². The minimum atomic E-state index is -0.561. The van der Waals surface area contributed by atoms with E-state index in [4.69, 9.17) is 5.73 Å². The van der Waals surface area contributed by atoms with Crippen molar-refractivity contribution < 1.29 is 8.78 Å². The van der Waals surface area contributed by atoms with Crippen molar-refractivity contribution in [2.24, 2.45) is 5.73 Å². The van der Waals surface area contributed by atoms with Gasteiger partial charge >= 0.3 is 0 Å². The van der Waals surface area contributed by atoms with Gasteiger partial charge in [0.15, 0.2) is 0 Å². The summed E-state index contributed by atoms with van der Waals surface area (Å²) in [5, 5.41) is 2.85. The van der Waals surface area contributed by atoms with Crippen LogP contribution in [0.2, 0.25) is 0 Å². The van der Waals surface area contributed by atoms with Crippen LogP contribution in [-0.4, -0.2) is 12.1 Å². The Hall–Kier alpha value is -1.16. The molecule has 0 radical (unpaired) electrons. The Kier molecular flexibility index (Phi) is 2.86. The molecule has 1 aromatic carbocycles. The molecule has 0 aliphatic heterocycles. The molecule has 2 atom stereocenters. The molecular formula is C11H14F2N2. The van der Waals surface area contributed by atoms with Gasteiger partial charge in [-0.3, -0.25) is 0 Å². The Morgan fingerprint density at radius 2 is 1.87 bits per heavy atom. The molecule has 82 valence electrons. The van der Waals surface area contributed by atoms with E-state index >= 15 is 0 Å². The van der Waals surface area contributed by atoms with Gasteiger partial charge < -0.3 is 11.1 Å². The smallest absolute Gasteiger partial charge is 0.149 e. The fraction of sp³-hybridized carbons (Fsp3) is 0.455. The molecule has 0 spiro atoms. The third-order valence-corrected chi connectivity index (χ3v) is 2.86. The summed E-state index contributed by atoms with van der Waals surface area (Å²) in [5.74, 6) is -1.12. The third kappa shape index (κ3) is 2.09. The van der Waals surface area contributed by atoms with E-state index in [0.29, 0.717) is 0 Å². The van der Waals surface area contributed by atoms with Crippen LogP contribution in [0.4, 0.5) is 14.5 Å². The van der Waals surface area contributed by atoms with E-state index in [0.717, 1.165) is 19.3 Å². The molecule has 0 heterocycles. The second-order valence-corrected chi connectivity index (χ2v) is 3.94. The van der Waals surface area contributed by atoms with Gasteiger partial charge in [0.2, 0.25) is 0 Å². The van der Waals surface area contributed by atoms with E-state index in [2.05, 4.69) is 5.32 Å². The number of nitrogens with one attached hydrogen (secondary N) is 1. The second kappa shape index (κ2) is 4.14. The average molecular weight is 212 g/mol. The predicted molar refractivity (Wildman–Crippen MR) is 55.6 cm³/mol. The van der Waals surface area contributed by atoms with Crippen LogP contribution >= 0.6 is 0 Å². The Balaban J connectivity index is 2.16. The number of rotatable bonds is 2. The molecule has 0 bridgehead atoms. The third-order valence-electron chi connectivity index (χ3n) is 2.86.